The van der Waals surface area contributed by atoms with Crippen molar-refractivity contribution in [3.63, 3.8) is 0 Å². The van der Waals surface area contributed by atoms with E-state index in [4.69, 9.17) is 0 Å². The van der Waals surface area contributed by atoms with Crippen LogP contribution in [-0.4, -0.2) is 14.6 Å². The minimum Gasteiger partial charge on any atom is -0.267 e. The molecule has 6 heteroatoms. The summed E-state index contributed by atoms with van der Waals surface area (Å²) in [6, 6.07) is 13.6. The number of thiophene rings is 1. The second-order valence-electron chi connectivity index (χ2n) is 4.92. The summed E-state index contributed by atoms with van der Waals surface area (Å²) in [5.74, 6) is 0.601. The Bertz CT molecular complexity index is 998. The number of benzene rings is 1. The van der Waals surface area contributed by atoms with Crippen molar-refractivity contribution in [1.82, 2.24) is 14.6 Å². The molecule has 0 fully saturated rings. The number of hydrogen-bond donors (Lipinski definition) is 0. The predicted octanol–water partition coefficient (Wildman–Crippen LogP) is 3.85. The van der Waals surface area contributed by atoms with E-state index < -0.39 is 0 Å². The van der Waals surface area contributed by atoms with E-state index in [1.165, 1.54) is 21.4 Å². The maximum Gasteiger partial charge on any atom is 0.275 e. The van der Waals surface area contributed by atoms with Crippen molar-refractivity contribution >= 4 is 27.6 Å². The normalized spacial score (nSPS) is 11.1. The Labute approximate surface area is 134 Å². The van der Waals surface area contributed by atoms with Gasteiger partial charge in [-0.2, -0.15) is 9.50 Å². The van der Waals surface area contributed by atoms with Crippen LogP contribution in [0.4, 0.5) is 0 Å². The minimum atomic E-state index is -0.153. The number of rotatable bonds is 2. The molecule has 4 aromatic rings. The first-order chi connectivity index (χ1) is 10.7. The molecule has 22 heavy (non-hydrogen) atoms. The molecule has 0 radical (unpaired) electrons. The Balaban J connectivity index is 1.89. The van der Waals surface area contributed by atoms with Gasteiger partial charge in [0.25, 0.3) is 5.56 Å². The second kappa shape index (κ2) is 5.15. The molecule has 0 unspecified atom stereocenters. The SMILES string of the molecule is Cc1ccc(-c2cc(=O)n3nc(-c4cccs4)nc3s2)cc1. The van der Waals surface area contributed by atoms with Crippen molar-refractivity contribution in [1.29, 1.82) is 0 Å². The largest absolute Gasteiger partial charge is 0.275 e. The minimum absolute atomic E-state index is 0.153. The molecule has 0 saturated heterocycles. The highest BCUT2D eigenvalue weighted by Gasteiger charge is 2.12. The van der Waals surface area contributed by atoms with Crippen LogP contribution < -0.4 is 5.56 Å². The second-order valence-corrected chi connectivity index (χ2v) is 6.88. The number of aromatic nitrogens is 3. The average molecular weight is 325 g/mol. The van der Waals surface area contributed by atoms with Crippen LogP contribution in [0.3, 0.4) is 0 Å². The molecule has 4 rings (SSSR count). The standard InChI is InChI=1S/C16H11N3OS2/c1-10-4-6-11(7-5-10)13-9-14(20)19-16(22-13)17-15(18-19)12-3-2-8-21-12/h2-9H,1H3. The Hall–Kier alpha value is -2.31. The van der Waals surface area contributed by atoms with Crippen LogP contribution >= 0.6 is 22.7 Å². The first-order valence-electron chi connectivity index (χ1n) is 6.72. The first-order valence-corrected chi connectivity index (χ1v) is 8.42. The van der Waals surface area contributed by atoms with Gasteiger partial charge in [-0.05, 0) is 23.9 Å². The van der Waals surface area contributed by atoms with Crippen molar-refractivity contribution < 1.29 is 0 Å². The maximum atomic E-state index is 12.3. The lowest BCUT2D eigenvalue weighted by Gasteiger charge is -2.00. The third-order valence-corrected chi connectivity index (χ3v) is 5.21. The van der Waals surface area contributed by atoms with Gasteiger partial charge in [-0.25, -0.2) is 0 Å². The molecule has 0 atom stereocenters. The number of aryl methyl sites for hydroxylation is 1. The van der Waals surface area contributed by atoms with Gasteiger partial charge in [0.15, 0.2) is 5.82 Å². The molecule has 3 heterocycles. The number of nitrogens with zero attached hydrogens (tertiary/aromatic N) is 3. The van der Waals surface area contributed by atoms with Gasteiger partial charge < -0.3 is 0 Å². The van der Waals surface area contributed by atoms with E-state index in [0.29, 0.717) is 10.8 Å². The van der Waals surface area contributed by atoms with E-state index in [0.717, 1.165) is 15.3 Å². The van der Waals surface area contributed by atoms with Gasteiger partial charge in [0.1, 0.15) is 0 Å². The Morgan fingerprint density at radius 1 is 1.09 bits per heavy atom. The Morgan fingerprint density at radius 2 is 1.91 bits per heavy atom. The molecule has 1 aromatic carbocycles. The van der Waals surface area contributed by atoms with E-state index in [2.05, 4.69) is 10.1 Å². The van der Waals surface area contributed by atoms with E-state index in [1.54, 1.807) is 17.4 Å². The zero-order valence-corrected chi connectivity index (χ0v) is 13.3. The van der Waals surface area contributed by atoms with Crippen LogP contribution in [0.25, 0.3) is 26.1 Å². The quantitative estimate of drug-likeness (QED) is 0.562. The van der Waals surface area contributed by atoms with E-state index in [1.807, 2.05) is 48.7 Å². The van der Waals surface area contributed by atoms with Gasteiger partial charge in [0.2, 0.25) is 4.96 Å². The van der Waals surface area contributed by atoms with Crippen LogP contribution in [0, 0.1) is 6.92 Å². The van der Waals surface area contributed by atoms with Gasteiger partial charge in [-0.15, -0.1) is 16.4 Å². The highest BCUT2D eigenvalue weighted by atomic mass is 32.1. The molecule has 0 aliphatic heterocycles. The summed E-state index contributed by atoms with van der Waals surface area (Å²) < 4.78 is 1.37. The van der Waals surface area contributed by atoms with Gasteiger partial charge in [0.05, 0.1) is 4.88 Å². The molecule has 0 spiro atoms. The van der Waals surface area contributed by atoms with Crippen molar-refractivity contribution in [2.75, 3.05) is 0 Å². The zero-order valence-electron chi connectivity index (χ0n) is 11.7. The third kappa shape index (κ3) is 2.26. The lowest BCUT2D eigenvalue weighted by Crippen LogP contribution is -2.11. The molecule has 108 valence electrons. The average Bonchev–Trinajstić information content (AvgIpc) is 3.17. The van der Waals surface area contributed by atoms with Crippen molar-refractivity contribution in [3.05, 3.63) is 63.8 Å². The van der Waals surface area contributed by atoms with Crippen LogP contribution in [0.5, 0.6) is 0 Å². The van der Waals surface area contributed by atoms with Gasteiger partial charge in [-0.1, -0.05) is 47.2 Å². The van der Waals surface area contributed by atoms with E-state index in [9.17, 15) is 4.79 Å². The molecule has 0 saturated carbocycles. The molecule has 0 bridgehead atoms. The molecule has 0 aliphatic carbocycles. The number of hydrogen-bond acceptors (Lipinski definition) is 5. The van der Waals surface area contributed by atoms with E-state index >= 15 is 0 Å². The molecule has 4 nitrogen and oxygen atoms in total. The summed E-state index contributed by atoms with van der Waals surface area (Å²) in [6.07, 6.45) is 0. The van der Waals surface area contributed by atoms with E-state index in [-0.39, 0.29) is 5.56 Å². The summed E-state index contributed by atoms with van der Waals surface area (Å²) in [7, 11) is 0. The molecule has 0 N–H and O–H groups in total. The summed E-state index contributed by atoms with van der Waals surface area (Å²) in [5, 5.41) is 6.29. The summed E-state index contributed by atoms with van der Waals surface area (Å²) >= 11 is 3.04. The third-order valence-electron chi connectivity index (χ3n) is 3.32. The van der Waals surface area contributed by atoms with Gasteiger partial charge in [-0.3, -0.25) is 4.79 Å². The fourth-order valence-electron chi connectivity index (χ4n) is 2.18. The molecule has 0 amide bonds. The highest BCUT2D eigenvalue weighted by molar-refractivity contribution is 7.20. The Kier molecular flexibility index (Phi) is 3.13. The van der Waals surface area contributed by atoms with Gasteiger partial charge in [0, 0.05) is 10.9 Å². The Morgan fingerprint density at radius 3 is 2.64 bits per heavy atom. The van der Waals surface area contributed by atoms with Crippen molar-refractivity contribution in [2.45, 2.75) is 6.92 Å². The fourth-order valence-corrected chi connectivity index (χ4v) is 3.79. The summed E-state index contributed by atoms with van der Waals surface area (Å²) in [5.41, 5.74) is 2.06. The predicted molar refractivity (Wildman–Crippen MR) is 90.6 cm³/mol. The lowest BCUT2D eigenvalue weighted by atomic mass is 10.1. The monoisotopic (exact) mass is 325 g/mol. The van der Waals surface area contributed by atoms with Crippen molar-refractivity contribution in [2.24, 2.45) is 0 Å². The molecular formula is C16H11N3OS2. The lowest BCUT2D eigenvalue weighted by molar-refractivity contribution is 0.935. The summed E-state index contributed by atoms with van der Waals surface area (Å²) in [4.78, 5) is 19.3. The maximum absolute atomic E-state index is 12.3. The van der Waals surface area contributed by atoms with Gasteiger partial charge >= 0.3 is 0 Å². The summed E-state index contributed by atoms with van der Waals surface area (Å²) in [6.45, 7) is 2.04. The highest BCUT2D eigenvalue weighted by Crippen LogP contribution is 2.27. The topological polar surface area (TPSA) is 47.3 Å². The van der Waals surface area contributed by atoms with Crippen LogP contribution in [0.1, 0.15) is 5.56 Å². The van der Waals surface area contributed by atoms with Crippen LogP contribution in [0.2, 0.25) is 0 Å². The van der Waals surface area contributed by atoms with Crippen LogP contribution in [0.15, 0.2) is 52.6 Å². The smallest absolute Gasteiger partial charge is 0.267 e. The fraction of sp³-hybridized carbons (Fsp3) is 0.0625. The molecule has 3 aromatic heterocycles. The van der Waals surface area contributed by atoms with Crippen LogP contribution in [-0.2, 0) is 0 Å². The molecule has 0 aliphatic rings. The van der Waals surface area contributed by atoms with Crippen molar-refractivity contribution in [3.8, 4) is 21.1 Å². The first kappa shape index (κ1) is 13.4. The number of fused-ring (bicyclic) bond motifs is 1. The molecular weight excluding hydrogens is 314 g/mol. The zero-order chi connectivity index (χ0) is 15.1.